The van der Waals surface area contributed by atoms with Crippen LogP contribution in [0.3, 0.4) is 0 Å². The highest BCUT2D eigenvalue weighted by atomic mass is 19.1. The van der Waals surface area contributed by atoms with Crippen molar-refractivity contribution in [2.75, 3.05) is 49.6 Å². The highest BCUT2D eigenvalue weighted by Crippen LogP contribution is 2.38. The second-order valence-electron chi connectivity index (χ2n) is 10.8. The third-order valence-corrected chi connectivity index (χ3v) is 7.63. The van der Waals surface area contributed by atoms with E-state index in [0.29, 0.717) is 49.9 Å². The van der Waals surface area contributed by atoms with E-state index in [1.165, 1.54) is 17.2 Å². The maximum atomic E-state index is 14.7. The highest BCUT2D eigenvalue weighted by Gasteiger charge is 2.48. The number of aromatic nitrogens is 2. The summed E-state index contributed by atoms with van der Waals surface area (Å²) < 4.78 is 31.5. The molecule has 202 valence electrons. The van der Waals surface area contributed by atoms with Gasteiger partial charge < -0.3 is 30.2 Å². The number of carbonyl (C=O) groups is 2. The van der Waals surface area contributed by atoms with Crippen LogP contribution in [0.25, 0.3) is 0 Å². The van der Waals surface area contributed by atoms with Crippen molar-refractivity contribution in [1.82, 2.24) is 14.9 Å². The zero-order valence-corrected chi connectivity index (χ0v) is 21.2. The summed E-state index contributed by atoms with van der Waals surface area (Å²) in [7, 11) is 0. The summed E-state index contributed by atoms with van der Waals surface area (Å²) in [4.78, 5) is 36.8. The van der Waals surface area contributed by atoms with Gasteiger partial charge in [-0.1, -0.05) is 0 Å². The first-order valence-electron chi connectivity index (χ1n) is 13.0. The molecule has 2 amide bonds. The van der Waals surface area contributed by atoms with Gasteiger partial charge in [-0.25, -0.2) is 19.2 Å². The highest BCUT2D eigenvalue weighted by molar-refractivity contribution is 5.94. The number of nitrogens with one attached hydrogen (secondary N) is 1. The van der Waals surface area contributed by atoms with E-state index in [2.05, 4.69) is 20.2 Å². The molecule has 2 saturated heterocycles. The van der Waals surface area contributed by atoms with Crippen molar-refractivity contribution in [2.24, 2.45) is 11.7 Å². The van der Waals surface area contributed by atoms with Crippen LogP contribution >= 0.6 is 0 Å². The summed E-state index contributed by atoms with van der Waals surface area (Å²) in [5, 5.41) is 2.61. The van der Waals surface area contributed by atoms with Crippen molar-refractivity contribution >= 4 is 23.6 Å². The number of amides is 2. The van der Waals surface area contributed by atoms with Gasteiger partial charge in [-0.05, 0) is 42.9 Å². The van der Waals surface area contributed by atoms with Crippen LogP contribution in [0.4, 0.5) is 20.8 Å². The van der Waals surface area contributed by atoms with E-state index in [1.807, 2.05) is 13.0 Å². The van der Waals surface area contributed by atoms with Crippen molar-refractivity contribution in [2.45, 2.75) is 44.2 Å². The van der Waals surface area contributed by atoms with E-state index >= 15 is 0 Å². The Hall–Kier alpha value is -3.51. The number of rotatable bonds is 6. The fourth-order valence-corrected chi connectivity index (χ4v) is 5.74. The molecule has 1 aliphatic carbocycles. The number of anilines is 2. The molecule has 1 aromatic heterocycles. The van der Waals surface area contributed by atoms with Gasteiger partial charge in [0.1, 0.15) is 23.8 Å². The summed E-state index contributed by atoms with van der Waals surface area (Å²) in [6, 6.07) is 3.29. The van der Waals surface area contributed by atoms with E-state index in [0.717, 1.165) is 37.2 Å². The normalized spacial score (nSPS) is 22.9. The number of piperidine rings is 1. The lowest BCUT2D eigenvalue weighted by molar-refractivity contribution is -0.118. The molecule has 6 rings (SSSR count). The number of ether oxygens (including phenoxy) is 3. The maximum Gasteiger partial charge on any atom is 0.416 e. The van der Waals surface area contributed by atoms with Crippen LogP contribution in [-0.4, -0.2) is 77.9 Å². The molecule has 2 fully saturated rings. The predicted octanol–water partition coefficient (Wildman–Crippen LogP) is 1.88. The summed E-state index contributed by atoms with van der Waals surface area (Å²) in [5.41, 5.74) is 6.95. The van der Waals surface area contributed by atoms with E-state index in [9.17, 15) is 14.0 Å². The Labute approximate surface area is 219 Å². The summed E-state index contributed by atoms with van der Waals surface area (Å²) in [6.07, 6.45) is 3.88. The molecular formula is C26H31FN6O5. The van der Waals surface area contributed by atoms with Crippen LogP contribution in [0.2, 0.25) is 0 Å². The number of benzene rings is 1. The Balaban J connectivity index is 1.05. The minimum Gasteiger partial charge on any atom is -0.492 e. The van der Waals surface area contributed by atoms with Crippen LogP contribution in [0.1, 0.15) is 30.9 Å². The van der Waals surface area contributed by atoms with Gasteiger partial charge in [-0.3, -0.25) is 9.69 Å². The topological polar surface area (TPSA) is 132 Å². The number of fused-ring (bicyclic) bond motifs is 2. The molecule has 1 spiro atoms. The van der Waals surface area contributed by atoms with Gasteiger partial charge in [-0.15, -0.1) is 0 Å². The molecule has 1 aromatic carbocycles. The van der Waals surface area contributed by atoms with E-state index in [4.69, 9.17) is 19.9 Å². The van der Waals surface area contributed by atoms with E-state index in [1.54, 1.807) is 0 Å². The Morgan fingerprint density at radius 2 is 2.11 bits per heavy atom. The van der Waals surface area contributed by atoms with Crippen LogP contribution < -0.4 is 25.4 Å². The number of hydrogen-bond acceptors (Lipinski definition) is 9. The molecule has 3 N–H and O–H groups in total. The number of nitrogens with zero attached hydrogens (tertiary/aromatic N) is 4. The first kappa shape index (κ1) is 24.8. The van der Waals surface area contributed by atoms with Gasteiger partial charge >= 0.3 is 6.09 Å². The molecule has 2 unspecified atom stereocenters. The van der Waals surface area contributed by atoms with Crippen LogP contribution in [-0.2, 0) is 22.4 Å². The second-order valence-corrected chi connectivity index (χ2v) is 10.8. The molecule has 2 aromatic rings. The van der Waals surface area contributed by atoms with Gasteiger partial charge in [0.25, 0.3) is 11.8 Å². The molecule has 3 aliphatic heterocycles. The number of carbonyl (C=O) groups excluding carboxylic acids is 2. The van der Waals surface area contributed by atoms with Gasteiger partial charge in [0, 0.05) is 44.6 Å². The molecular weight excluding hydrogens is 495 g/mol. The Bertz CT molecular complexity index is 1260. The first-order valence-corrected chi connectivity index (χ1v) is 13.0. The molecule has 11 nitrogen and oxygen atoms in total. The quantitative estimate of drug-likeness (QED) is 0.579. The summed E-state index contributed by atoms with van der Waals surface area (Å²) in [5.74, 6) is 1.06. The molecule has 38 heavy (non-hydrogen) atoms. The largest absolute Gasteiger partial charge is 0.492 e. The van der Waals surface area contributed by atoms with Crippen LogP contribution in [0, 0.1) is 11.7 Å². The van der Waals surface area contributed by atoms with Gasteiger partial charge in [0.05, 0.1) is 12.7 Å². The molecule has 0 radical (unpaired) electrons. The molecule has 4 heterocycles. The van der Waals surface area contributed by atoms with Crippen molar-refractivity contribution in [3.05, 3.63) is 35.3 Å². The van der Waals surface area contributed by atoms with Crippen molar-refractivity contribution in [1.29, 1.82) is 0 Å². The SMILES string of the molecule is CC(N)COc1cc(F)c2c(c1)CC(CN1CCC3(CC1)CN(c1cnc4c(n1)NC(=O)CO4)C(=O)O3)C2. The second kappa shape index (κ2) is 9.66. The van der Waals surface area contributed by atoms with Crippen molar-refractivity contribution < 1.29 is 28.2 Å². The predicted molar refractivity (Wildman–Crippen MR) is 135 cm³/mol. The minimum atomic E-state index is -0.595. The Morgan fingerprint density at radius 3 is 2.89 bits per heavy atom. The maximum absolute atomic E-state index is 14.7. The molecule has 0 saturated carbocycles. The van der Waals surface area contributed by atoms with Gasteiger partial charge in [-0.2, -0.15) is 0 Å². The number of nitrogens with two attached hydrogens (primary N) is 1. The van der Waals surface area contributed by atoms with Crippen LogP contribution in [0.5, 0.6) is 11.6 Å². The monoisotopic (exact) mass is 526 g/mol. The van der Waals surface area contributed by atoms with Crippen molar-refractivity contribution in [3.8, 4) is 11.6 Å². The zero-order chi connectivity index (χ0) is 26.4. The summed E-state index contributed by atoms with van der Waals surface area (Å²) in [6.45, 7) is 4.86. The van der Waals surface area contributed by atoms with Crippen LogP contribution in [0.15, 0.2) is 18.3 Å². The van der Waals surface area contributed by atoms with Crippen molar-refractivity contribution in [3.63, 3.8) is 0 Å². The smallest absolute Gasteiger partial charge is 0.416 e. The molecule has 12 heteroatoms. The number of hydrogen-bond donors (Lipinski definition) is 2. The summed E-state index contributed by atoms with van der Waals surface area (Å²) >= 11 is 0. The number of likely N-dealkylation sites (tertiary alicyclic amines) is 1. The fraction of sp³-hybridized carbons (Fsp3) is 0.538. The standard InChI is InChI=1S/C26H31FN6O5/c1-15(28)12-36-18-8-17-6-16(7-19(17)20(27)9-18)11-32-4-2-26(3-5-32)14-33(25(35)38-26)21-10-29-24-23(30-21)31-22(34)13-37-24/h8-10,15-16H,2-7,11-14,28H2,1H3,(H,30,31,34). The zero-order valence-electron chi connectivity index (χ0n) is 21.2. The molecule has 4 aliphatic rings. The van der Waals surface area contributed by atoms with E-state index < -0.39 is 11.7 Å². The first-order chi connectivity index (χ1) is 18.3. The average Bonchev–Trinajstić information content (AvgIpc) is 3.44. The average molecular weight is 527 g/mol. The Kier molecular flexibility index (Phi) is 6.31. The molecule has 0 bridgehead atoms. The lowest BCUT2D eigenvalue weighted by atomic mass is 9.90. The minimum absolute atomic E-state index is 0.113. The fourth-order valence-electron chi connectivity index (χ4n) is 5.74. The Morgan fingerprint density at radius 1 is 1.29 bits per heavy atom. The third kappa shape index (κ3) is 4.85. The molecule has 2 atom stereocenters. The van der Waals surface area contributed by atoms with E-state index in [-0.39, 0.29) is 36.1 Å². The number of halogens is 1. The lowest BCUT2D eigenvalue weighted by Gasteiger charge is -2.38. The third-order valence-electron chi connectivity index (χ3n) is 7.63. The van der Waals surface area contributed by atoms with Gasteiger partial charge in [0.15, 0.2) is 18.2 Å². The van der Waals surface area contributed by atoms with Gasteiger partial charge in [0.2, 0.25) is 0 Å². The lowest BCUT2D eigenvalue weighted by Crippen LogP contribution is -2.48.